The first kappa shape index (κ1) is 20.9. The number of sulfonamides is 1. The quantitative estimate of drug-likeness (QED) is 0.571. The third kappa shape index (κ3) is 3.73. The highest BCUT2D eigenvalue weighted by Crippen LogP contribution is 2.26. The van der Waals surface area contributed by atoms with E-state index in [1.807, 2.05) is 12.1 Å². The van der Waals surface area contributed by atoms with Gasteiger partial charge in [0.2, 0.25) is 10.0 Å². The normalized spacial score (nSPS) is 17.3. The number of piperazine rings is 1. The van der Waals surface area contributed by atoms with Crippen LogP contribution in [0.4, 0.5) is 0 Å². The first-order valence-electron chi connectivity index (χ1n) is 10.9. The van der Waals surface area contributed by atoms with Crippen molar-refractivity contribution in [2.45, 2.75) is 30.6 Å². The summed E-state index contributed by atoms with van der Waals surface area (Å²) in [6.07, 6.45) is 4.14. The lowest BCUT2D eigenvalue weighted by Crippen LogP contribution is -2.51. The lowest BCUT2D eigenvalue weighted by Gasteiger charge is -2.34. The number of para-hydroxylation sites is 1. The molecule has 1 amide bonds. The van der Waals surface area contributed by atoms with Crippen LogP contribution in [0.25, 0.3) is 11.0 Å². The Morgan fingerprint density at radius 1 is 0.875 bits per heavy atom. The Morgan fingerprint density at radius 2 is 1.59 bits per heavy atom. The Hall–Kier alpha value is -2.97. The molecule has 1 saturated heterocycles. The first-order chi connectivity index (χ1) is 15.4. The summed E-state index contributed by atoms with van der Waals surface area (Å²) in [6.45, 7) is 0.804. The van der Waals surface area contributed by atoms with E-state index in [2.05, 4.69) is 0 Å². The Bertz CT molecular complexity index is 1350. The summed E-state index contributed by atoms with van der Waals surface area (Å²) < 4.78 is 33.0. The molecule has 7 nitrogen and oxygen atoms in total. The van der Waals surface area contributed by atoms with Gasteiger partial charge in [-0.1, -0.05) is 24.3 Å². The van der Waals surface area contributed by atoms with E-state index in [1.54, 1.807) is 36.4 Å². The Balaban J connectivity index is 1.32. The van der Waals surface area contributed by atoms with E-state index in [4.69, 9.17) is 4.42 Å². The number of aryl methyl sites for hydroxylation is 2. The molecule has 0 bridgehead atoms. The van der Waals surface area contributed by atoms with Gasteiger partial charge in [0.05, 0.1) is 4.90 Å². The number of amides is 1. The Labute approximate surface area is 186 Å². The number of benzene rings is 2. The van der Waals surface area contributed by atoms with E-state index >= 15 is 0 Å². The summed E-state index contributed by atoms with van der Waals surface area (Å²) in [5, 5.41) is 0.670. The standard InChI is InChI=1S/C24H24N2O5S/c27-23(21-16-19-7-3-4-8-22(19)31-24(21)28)25-11-13-26(14-12-25)32(29,30)20-10-9-17-5-1-2-6-18(17)15-20/h3-4,7-10,15-16H,1-2,5-6,11-14H2. The molecule has 0 spiro atoms. The van der Waals surface area contributed by atoms with E-state index in [1.165, 1.54) is 14.8 Å². The van der Waals surface area contributed by atoms with Crippen LogP contribution in [0.3, 0.4) is 0 Å². The molecule has 3 aromatic rings. The summed E-state index contributed by atoms with van der Waals surface area (Å²) in [5.41, 5.74) is 2.07. The minimum atomic E-state index is -3.63. The van der Waals surface area contributed by atoms with Crippen molar-refractivity contribution >= 4 is 26.9 Å². The number of carbonyl (C=O) groups is 1. The zero-order valence-electron chi connectivity index (χ0n) is 17.6. The lowest BCUT2D eigenvalue weighted by molar-refractivity contribution is 0.0694. The molecule has 5 rings (SSSR count). The second-order valence-corrected chi connectivity index (χ2v) is 10.3. The Kier molecular flexibility index (Phi) is 5.35. The zero-order chi connectivity index (χ0) is 22.3. The fourth-order valence-electron chi connectivity index (χ4n) is 4.53. The van der Waals surface area contributed by atoms with Gasteiger partial charge in [-0.3, -0.25) is 4.79 Å². The topological polar surface area (TPSA) is 87.9 Å². The number of carbonyl (C=O) groups excluding carboxylic acids is 1. The highest BCUT2D eigenvalue weighted by atomic mass is 32.2. The van der Waals surface area contributed by atoms with Crippen molar-refractivity contribution in [3.63, 3.8) is 0 Å². The molecule has 1 aromatic heterocycles. The number of hydrogen-bond acceptors (Lipinski definition) is 5. The molecule has 0 saturated carbocycles. The van der Waals surface area contributed by atoms with Crippen LogP contribution in [0.2, 0.25) is 0 Å². The summed E-state index contributed by atoms with van der Waals surface area (Å²) in [4.78, 5) is 27.1. The van der Waals surface area contributed by atoms with Crippen LogP contribution < -0.4 is 5.63 Å². The van der Waals surface area contributed by atoms with Crippen molar-refractivity contribution in [2.75, 3.05) is 26.2 Å². The first-order valence-corrected chi connectivity index (χ1v) is 12.3. The summed E-state index contributed by atoms with van der Waals surface area (Å²) in [6, 6.07) is 14.0. The fourth-order valence-corrected chi connectivity index (χ4v) is 6.01. The molecule has 2 aromatic carbocycles. The van der Waals surface area contributed by atoms with Crippen LogP contribution in [0.1, 0.15) is 34.3 Å². The predicted molar refractivity (Wildman–Crippen MR) is 120 cm³/mol. The third-order valence-electron chi connectivity index (χ3n) is 6.36. The number of rotatable bonds is 3. The van der Waals surface area contributed by atoms with Gasteiger partial charge >= 0.3 is 5.63 Å². The summed E-state index contributed by atoms with van der Waals surface area (Å²) in [5.74, 6) is -0.435. The number of hydrogen-bond donors (Lipinski definition) is 0. The van der Waals surface area contributed by atoms with Crippen LogP contribution >= 0.6 is 0 Å². The minimum absolute atomic E-state index is 0.0327. The van der Waals surface area contributed by atoms with Gasteiger partial charge in [0, 0.05) is 31.6 Å². The fraction of sp³-hybridized carbons (Fsp3) is 0.333. The van der Waals surface area contributed by atoms with Crippen molar-refractivity contribution in [1.29, 1.82) is 0 Å². The predicted octanol–water partition coefficient (Wildman–Crippen LogP) is 2.82. The third-order valence-corrected chi connectivity index (χ3v) is 8.25. The van der Waals surface area contributed by atoms with Crippen LogP contribution in [0, 0.1) is 0 Å². The smallest absolute Gasteiger partial charge is 0.349 e. The molecule has 166 valence electrons. The molecule has 32 heavy (non-hydrogen) atoms. The van der Waals surface area contributed by atoms with Crippen molar-refractivity contribution in [3.05, 3.63) is 75.6 Å². The van der Waals surface area contributed by atoms with Gasteiger partial charge in [-0.05, 0) is 61.1 Å². The second kappa shape index (κ2) is 8.18. The highest BCUT2D eigenvalue weighted by molar-refractivity contribution is 7.89. The molecule has 0 radical (unpaired) electrons. The average molecular weight is 453 g/mol. The van der Waals surface area contributed by atoms with Gasteiger partial charge in [0.25, 0.3) is 5.91 Å². The van der Waals surface area contributed by atoms with Gasteiger partial charge in [-0.2, -0.15) is 4.31 Å². The van der Waals surface area contributed by atoms with Crippen LogP contribution in [0.15, 0.2) is 62.6 Å². The van der Waals surface area contributed by atoms with Crippen molar-refractivity contribution in [1.82, 2.24) is 9.21 Å². The number of fused-ring (bicyclic) bond motifs is 2. The second-order valence-electron chi connectivity index (χ2n) is 8.32. The maximum Gasteiger partial charge on any atom is 0.349 e. The number of nitrogens with zero attached hydrogens (tertiary/aromatic N) is 2. The van der Waals surface area contributed by atoms with E-state index < -0.39 is 21.6 Å². The zero-order valence-corrected chi connectivity index (χ0v) is 18.4. The van der Waals surface area contributed by atoms with E-state index in [0.717, 1.165) is 31.2 Å². The van der Waals surface area contributed by atoms with E-state index in [-0.39, 0.29) is 31.7 Å². The van der Waals surface area contributed by atoms with Gasteiger partial charge in [0.15, 0.2) is 0 Å². The summed E-state index contributed by atoms with van der Waals surface area (Å²) >= 11 is 0. The van der Waals surface area contributed by atoms with Gasteiger partial charge in [-0.25, -0.2) is 13.2 Å². The molecular weight excluding hydrogens is 428 g/mol. The van der Waals surface area contributed by atoms with Crippen LogP contribution in [-0.4, -0.2) is 49.7 Å². The maximum atomic E-state index is 13.2. The van der Waals surface area contributed by atoms with E-state index in [0.29, 0.717) is 15.9 Å². The summed E-state index contributed by atoms with van der Waals surface area (Å²) in [7, 11) is -3.63. The molecule has 2 aliphatic rings. The molecule has 0 N–H and O–H groups in total. The molecule has 1 fully saturated rings. The van der Waals surface area contributed by atoms with Gasteiger partial charge in [-0.15, -0.1) is 0 Å². The molecule has 2 heterocycles. The molecule has 0 unspecified atom stereocenters. The van der Waals surface area contributed by atoms with E-state index in [9.17, 15) is 18.0 Å². The Morgan fingerprint density at radius 3 is 2.38 bits per heavy atom. The average Bonchev–Trinajstić information content (AvgIpc) is 2.83. The van der Waals surface area contributed by atoms with Crippen LogP contribution in [-0.2, 0) is 22.9 Å². The molecule has 1 aliphatic heterocycles. The molecule has 0 atom stereocenters. The largest absolute Gasteiger partial charge is 0.422 e. The molecular formula is C24H24N2O5S. The molecule has 1 aliphatic carbocycles. The van der Waals surface area contributed by atoms with Crippen LogP contribution in [0.5, 0.6) is 0 Å². The van der Waals surface area contributed by atoms with Crippen molar-refractivity contribution in [2.24, 2.45) is 0 Å². The van der Waals surface area contributed by atoms with Crippen molar-refractivity contribution in [3.8, 4) is 0 Å². The monoisotopic (exact) mass is 452 g/mol. The van der Waals surface area contributed by atoms with Gasteiger partial charge < -0.3 is 9.32 Å². The molecule has 8 heteroatoms. The minimum Gasteiger partial charge on any atom is -0.422 e. The highest BCUT2D eigenvalue weighted by Gasteiger charge is 2.32. The van der Waals surface area contributed by atoms with Gasteiger partial charge in [0.1, 0.15) is 11.1 Å². The SMILES string of the molecule is O=C(c1cc2ccccc2oc1=O)N1CCN(S(=O)(=O)c2ccc3c(c2)CCCC3)CC1. The lowest BCUT2D eigenvalue weighted by atomic mass is 9.92. The maximum absolute atomic E-state index is 13.2. The van der Waals surface area contributed by atoms with Crippen molar-refractivity contribution < 1.29 is 17.6 Å².